The second-order valence-corrected chi connectivity index (χ2v) is 5.30. The summed E-state index contributed by atoms with van der Waals surface area (Å²) >= 11 is 5.41. The molecule has 0 aliphatic heterocycles. The van der Waals surface area contributed by atoms with Crippen LogP contribution in [0.4, 0.5) is 4.39 Å². The van der Waals surface area contributed by atoms with Gasteiger partial charge in [-0.2, -0.15) is 0 Å². The van der Waals surface area contributed by atoms with E-state index in [0.29, 0.717) is 4.77 Å². The van der Waals surface area contributed by atoms with Crippen LogP contribution in [0.5, 0.6) is 5.75 Å². The van der Waals surface area contributed by atoms with Crippen LogP contribution in [0.1, 0.15) is 18.5 Å². The summed E-state index contributed by atoms with van der Waals surface area (Å²) in [7, 11) is 1.63. The number of benzene rings is 2. The number of nitrogens with one attached hydrogen (secondary N) is 1. The van der Waals surface area contributed by atoms with Gasteiger partial charge in [-0.3, -0.25) is 0 Å². The number of aromatic nitrogens is 2. The minimum atomic E-state index is -0.243. The fourth-order valence-corrected chi connectivity index (χ4v) is 2.90. The summed E-state index contributed by atoms with van der Waals surface area (Å²) < 4.78 is 21.2. The molecule has 21 heavy (non-hydrogen) atoms. The fraction of sp³-hybridized carbons (Fsp3) is 0.188. The normalized spacial score (nSPS) is 12.5. The van der Waals surface area contributed by atoms with Gasteiger partial charge in [0.05, 0.1) is 24.2 Å². The highest BCUT2D eigenvalue weighted by Crippen LogP contribution is 2.27. The van der Waals surface area contributed by atoms with Gasteiger partial charge in [0.1, 0.15) is 11.6 Å². The third-order valence-corrected chi connectivity index (χ3v) is 3.94. The van der Waals surface area contributed by atoms with E-state index in [0.717, 1.165) is 22.3 Å². The molecule has 5 heteroatoms. The summed E-state index contributed by atoms with van der Waals surface area (Å²) in [6, 6.07) is 12.3. The Morgan fingerprint density at radius 3 is 2.76 bits per heavy atom. The maximum absolute atomic E-state index is 13.4. The van der Waals surface area contributed by atoms with Gasteiger partial charge in [-0.15, -0.1) is 0 Å². The molecule has 108 valence electrons. The van der Waals surface area contributed by atoms with Crippen molar-refractivity contribution < 1.29 is 9.13 Å². The van der Waals surface area contributed by atoms with E-state index in [2.05, 4.69) is 4.98 Å². The van der Waals surface area contributed by atoms with Crippen molar-refractivity contribution in [3.8, 4) is 5.75 Å². The molecular formula is C16H15FN2OS. The predicted octanol–water partition coefficient (Wildman–Crippen LogP) is 4.46. The molecule has 0 bridgehead atoms. The molecule has 2 aromatic carbocycles. The van der Waals surface area contributed by atoms with Gasteiger partial charge in [-0.05, 0) is 49.0 Å². The zero-order chi connectivity index (χ0) is 15.0. The maximum atomic E-state index is 13.4. The smallest absolute Gasteiger partial charge is 0.178 e. The Balaban J connectivity index is 2.15. The summed E-state index contributed by atoms with van der Waals surface area (Å²) in [5.74, 6) is 0.525. The minimum absolute atomic E-state index is 0.0599. The van der Waals surface area contributed by atoms with Crippen LogP contribution in [0.3, 0.4) is 0 Å². The lowest BCUT2D eigenvalue weighted by molar-refractivity contribution is 0.415. The van der Waals surface area contributed by atoms with Gasteiger partial charge in [0.2, 0.25) is 0 Å². The second-order valence-electron chi connectivity index (χ2n) is 4.91. The average Bonchev–Trinajstić information content (AvgIpc) is 2.81. The molecule has 3 rings (SSSR count). The first-order chi connectivity index (χ1) is 10.1. The molecule has 3 nitrogen and oxygen atoms in total. The highest BCUT2D eigenvalue weighted by molar-refractivity contribution is 7.71. The van der Waals surface area contributed by atoms with E-state index in [1.807, 2.05) is 35.8 Å². The fourth-order valence-electron chi connectivity index (χ4n) is 2.54. The average molecular weight is 302 g/mol. The summed E-state index contributed by atoms with van der Waals surface area (Å²) in [5, 5.41) is 0. The van der Waals surface area contributed by atoms with Crippen LogP contribution >= 0.6 is 12.2 Å². The van der Waals surface area contributed by atoms with Gasteiger partial charge in [-0.25, -0.2) is 4.39 Å². The van der Waals surface area contributed by atoms with Crippen molar-refractivity contribution in [2.75, 3.05) is 7.11 Å². The van der Waals surface area contributed by atoms with E-state index in [1.54, 1.807) is 13.2 Å². The molecule has 1 heterocycles. The molecule has 1 aromatic heterocycles. The molecule has 0 amide bonds. The maximum Gasteiger partial charge on any atom is 0.178 e. The van der Waals surface area contributed by atoms with E-state index >= 15 is 0 Å². The minimum Gasteiger partial charge on any atom is -0.497 e. The Labute approximate surface area is 127 Å². The van der Waals surface area contributed by atoms with Gasteiger partial charge in [0.25, 0.3) is 0 Å². The number of fused-ring (bicyclic) bond motifs is 1. The first-order valence-corrected chi connectivity index (χ1v) is 7.04. The third-order valence-electron chi connectivity index (χ3n) is 3.64. The number of aromatic amines is 1. The Morgan fingerprint density at radius 1 is 1.24 bits per heavy atom. The summed E-state index contributed by atoms with van der Waals surface area (Å²) in [6.07, 6.45) is 0. The number of ether oxygens (including phenoxy) is 1. The quantitative estimate of drug-likeness (QED) is 0.724. The zero-order valence-corrected chi connectivity index (χ0v) is 12.6. The molecule has 0 saturated carbocycles. The number of methoxy groups -OCH3 is 1. The number of halogens is 1. The topological polar surface area (TPSA) is 29.9 Å². The van der Waals surface area contributed by atoms with Crippen molar-refractivity contribution in [3.63, 3.8) is 0 Å². The van der Waals surface area contributed by atoms with Gasteiger partial charge < -0.3 is 14.3 Å². The Kier molecular flexibility index (Phi) is 3.51. The molecule has 0 spiro atoms. The standard InChI is InChI=1S/C16H15FN2OS/c1-10(11-4-3-5-12(17)8-11)19-15-7-6-13(20-2)9-14(15)18-16(19)21/h3-10H,1-2H3,(H,18,21). The molecular weight excluding hydrogens is 287 g/mol. The van der Waals surface area contributed by atoms with Gasteiger partial charge in [0.15, 0.2) is 4.77 Å². The molecule has 1 atom stereocenters. The highest BCUT2D eigenvalue weighted by Gasteiger charge is 2.14. The summed E-state index contributed by atoms with van der Waals surface area (Å²) in [4.78, 5) is 3.17. The molecule has 1 unspecified atom stereocenters. The Morgan fingerprint density at radius 2 is 2.05 bits per heavy atom. The second kappa shape index (κ2) is 5.33. The van der Waals surface area contributed by atoms with E-state index in [1.165, 1.54) is 12.1 Å². The number of H-pyrrole nitrogens is 1. The van der Waals surface area contributed by atoms with Crippen LogP contribution in [-0.4, -0.2) is 16.7 Å². The van der Waals surface area contributed by atoms with Crippen LogP contribution in [-0.2, 0) is 0 Å². The summed E-state index contributed by atoms with van der Waals surface area (Å²) in [5.41, 5.74) is 2.75. The highest BCUT2D eigenvalue weighted by atomic mass is 32.1. The van der Waals surface area contributed by atoms with Crippen LogP contribution < -0.4 is 4.74 Å². The Hall–Kier alpha value is -2.14. The summed E-state index contributed by atoms with van der Waals surface area (Å²) in [6.45, 7) is 2.00. The van der Waals surface area contributed by atoms with E-state index in [-0.39, 0.29) is 11.9 Å². The van der Waals surface area contributed by atoms with Crippen LogP contribution in [0, 0.1) is 10.6 Å². The Bertz CT molecular complexity index is 853. The molecule has 0 aliphatic carbocycles. The van der Waals surface area contributed by atoms with Crippen LogP contribution in [0.2, 0.25) is 0 Å². The van der Waals surface area contributed by atoms with Crippen LogP contribution in [0.25, 0.3) is 11.0 Å². The first-order valence-electron chi connectivity index (χ1n) is 6.64. The number of rotatable bonds is 3. The molecule has 0 saturated heterocycles. The number of imidazole rings is 1. The van der Waals surface area contributed by atoms with E-state index < -0.39 is 0 Å². The monoisotopic (exact) mass is 302 g/mol. The van der Waals surface area contributed by atoms with Crippen molar-refractivity contribution in [3.05, 3.63) is 58.6 Å². The lowest BCUT2D eigenvalue weighted by Crippen LogP contribution is -2.07. The SMILES string of the molecule is COc1ccc2c(c1)[nH]c(=S)n2C(C)c1cccc(F)c1. The van der Waals surface area contributed by atoms with Crippen LogP contribution in [0.15, 0.2) is 42.5 Å². The lowest BCUT2D eigenvalue weighted by Gasteiger charge is -2.15. The van der Waals surface area contributed by atoms with Gasteiger partial charge >= 0.3 is 0 Å². The molecule has 0 fully saturated rings. The molecule has 1 N–H and O–H groups in total. The number of hydrogen-bond acceptors (Lipinski definition) is 2. The number of nitrogens with zero attached hydrogens (tertiary/aromatic N) is 1. The molecule has 0 aliphatic rings. The van der Waals surface area contributed by atoms with E-state index in [9.17, 15) is 4.39 Å². The first kappa shape index (κ1) is 13.8. The van der Waals surface area contributed by atoms with Gasteiger partial charge in [0, 0.05) is 6.07 Å². The van der Waals surface area contributed by atoms with Crippen molar-refractivity contribution in [2.45, 2.75) is 13.0 Å². The predicted molar refractivity (Wildman–Crippen MR) is 83.9 cm³/mol. The molecule has 3 aromatic rings. The number of hydrogen-bond donors (Lipinski definition) is 1. The third kappa shape index (κ3) is 2.45. The lowest BCUT2D eigenvalue weighted by atomic mass is 10.1. The van der Waals surface area contributed by atoms with E-state index in [4.69, 9.17) is 17.0 Å². The molecule has 0 radical (unpaired) electrons. The van der Waals surface area contributed by atoms with Crippen molar-refractivity contribution in [1.82, 2.24) is 9.55 Å². The van der Waals surface area contributed by atoms with Crippen molar-refractivity contribution >= 4 is 23.3 Å². The van der Waals surface area contributed by atoms with Crippen molar-refractivity contribution in [1.29, 1.82) is 0 Å². The zero-order valence-electron chi connectivity index (χ0n) is 11.8. The van der Waals surface area contributed by atoms with Crippen molar-refractivity contribution in [2.24, 2.45) is 0 Å². The van der Waals surface area contributed by atoms with Gasteiger partial charge in [-0.1, -0.05) is 12.1 Å². The largest absolute Gasteiger partial charge is 0.497 e.